The lowest BCUT2D eigenvalue weighted by Crippen LogP contribution is -2.53. The molecule has 0 aromatic carbocycles. The fourth-order valence-electron chi connectivity index (χ4n) is 6.84. The fraction of sp³-hybridized carbons (Fsp3) is 0.676. The Labute approximate surface area is 276 Å². The van der Waals surface area contributed by atoms with Crippen LogP contribution in [0.15, 0.2) is 54.5 Å². The summed E-state index contributed by atoms with van der Waals surface area (Å²) in [5.41, 5.74) is 0.536. The van der Waals surface area contributed by atoms with Crippen molar-refractivity contribution in [2.24, 2.45) is 11.8 Å². The summed E-state index contributed by atoms with van der Waals surface area (Å²) >= 11 is 0. The zero-order valence-electron chi connectivity index (χ0n) is 28.6. The smallest absolute Gasteiger partial charge is 0.410 e. The summed E-state index contributed by atoms with van der Waals surface area (Å²) in [5.74, 6) is -0.371. The Bertz CT molecular complexity index is 1200. The van der Waals surface area contributed by atoms with Gasteiger partial charge in [-0.1, -0.05) is 70.8 Å². The van der Waals surface area contributed by atoms with Gasteiger partial charge < -0.3 is 19.5 Å². The van der Waals surface area contributed by atoms with Gasteiger partial charge >= 0.3 is 12.1 Å². The van der Waals surface area contributed by atoms with E-state index in [0.29, 0.717) is 32.0 Å². The number of carbonyl (C=O) groups is 2. The molecule has 1 aliphatic carbocycles. The highest BCUT2D eigenvalue weighted by Crippen LogP contribution is 2.29. The van der Waals surface area contributed by atoms with E-state index in [1.807, 2.05) is 45.1 Å². The molecule has 1 saturated heterocycles. The van der Waals surface area contributed by atoms with Crippen molar-refractivity contribution in [3.05, 3.63) is 60.2 Å². The maximum atomic E-state index is 13.5. The van der Waals surface area contributed by atoms with Crippen molar-refractivity contribution >= 4 is 12.1 Å². The van der Waals surface area contributed by atoms with Crippen molar-refractivity contribution in [3.63, 3.8) is 0 Å². The van der Waals surface area contributed by atoms with Gasteiger partial charge in [-0.25, -0.2) is 14.8 Å². The minimum absolute atomic E-state index is 0.00430. The maximum absolute atomic E-state index is 13.5. The number of carbonyl (C=O) groups excluding carboxylic acids is 2. The summed E-state index contributed by atoms with van der Waals surface area (Å²) in [6, 6.07) is 2.51. The predicted molar refractivity (Wildman–Crippen MR) is 180 cm³/mol. The van der Waals surface area contributed by atoms with Crippen LogP contribution in [-0.4, -0.2) is 87.0 Å². The average molecular weight is 637 g/mol. The second-order valence-corrected chi connectivity index (χ2v) is 14.1. The first-order valence-corrected chi connectivity index (χ1v) is 17.4. The highest BCUT2D eigenvalue weighted by molar-refractivity contribution is 5.70. The van der Waals surface area contributed by atoms with Crippen LogP contribution >= 0.6 is 0 Å². The molecular formula is C37H56N4O5. The number of esters is 1. The molecule has 1 saturated carbocycles. The van der Waals surface area contributed by atoms with E-state index in [2.05, 4.69) is 27.9 Å². The number of aromatic nitrogens is 2. The largest absolute Gasteiger partial charge is 0.457 e. The Balaban J connectivity index is 1.45. The molecular weight excluding hydrogens is 580 g/mol. The van der Waals surface area contributed by atoms with Crippen LogP contribution in [0, 0.1) is 11.8 Å². The summed E-state index contributed by atoms with van der Waals surface area (Å²) in [5, 5.41) is 11.6. The minimum atomic E-state index is -1.29. The van der Waals surface area contributed by atoms with Crippen LogP contribution in [0.3, 0.4) is 0 Å². The quantitative estimate of drug-likeness (QED) is 0.161. The van der Waals surface area contributed by atoms with Gasteiger partial charge in [0.15, 0.2) is 6.10 Å². The molecule has 3 aliphatic rings. The molecule has 0 bridgehead atoms. The molecule has 46 heavy (non-hydrogen) atoms. The Morgan fingerprint density at radius 1 is 1.11 bits per heavy atom. The lowest BCUT2D eigenvalue weighted by molar-refractivity contribution is -0.150. The van der Waals surface area contributed by atoms with Crippen molar-refractivity contribution in [3.8, 4) is 0 Å². The molecule has 4 rings (SSSR count). The number of amides is 1. The topological polar surface area (TPSA) is 105 Å². The van der Waals surface area contributed by atoms with Gasteiger partial charge in [-0.05, 0) is 63.2 Å². The first kappa shape index (κ1) is 35.8. The number of hydrogen-bond acceptors (Lipinski definition) is 8. The molecule has 9 nitrogen and oxygen atoms in total. The lowest BCUT2D eigenvalue weighted by Gasteiger charge is -2.40. The van der Waals surface area contributed by atoms with Crippen molar-refractivity contribution in [1.29, 1.82) is 0 Å². The fourth-order valence-corrected chi connectivity index (χ4v) is 6.84. The molecule has 9 heteroatoms. The molecule has 0 spiro atoms. The number of allylic oxidation sites excluding steroid dienone is 3. The van der Waals surface area contributed by atoms with Gasteiger partial charge in [0.05, 0.1) is 5.69 Å². The molecule has 1 N–H and O–H groups in total. The molecule has 1 aromatic heterocycles. The van der Waals surface area contributed by atoms with Gasteiger partial charge in [0.2, 0.25) is 0 Å². The Hall–Kier alpha value is -3.04. The first-order valence-electron chi connectivity index (χ1n) is 17.4. The number of nitrogens with zero attached hydrogens (tertiary/aromatic N) is 4. The number of rotatable bonds is 6. The highest BCUT2D eigenvalue weighted by Gasteiger charge is 2.37. The molecule has 0 radical (unpaired) electrons. The Morgan fingerprint density at radius 2 is 1.83 bits per heavy atom. The number of aliphatic hydroxyl groups is 1. The molecule has 6 atom stereocenters. The van der Waals surface area contributed by atoms with Crippen LogP contribution in [-0.2, 0) is 14.3 Å². The van der Waals surface area contributed by atoms with Gasteiger partial charge in [0, 0.05) is 56.7 Å². The van der Waals surface area contributed by atoms with Crippen LogP contribution in [0.25, 0.3) is 0 Å². The van der Waals surface area contributed by atoms with Crippen molar-refractivity contribution in [1.82, 2.24) is 19.8 Å². The van der Waals surface area contributed by atoms with E-state index in [1.54, 1.807) is 30.4 Å². The van der Waals surface area contributed by atoms with Crippen molar-refractivity contribution in [2.45, 2.75) is 122 Å². The predicted octanol–water partition coefficient (Wildman–Crippen LogP) is 6.60. The third-order valence-electron chi connectivity index (χ3n) is 10.0. The standard InChI is InChI=1S/C37H56N4O5/c1-27-17-19-37(5,44)33(45-36(43)41-23-21-40(22-24-41)31-13-8-6-7-9-14-31)16-15-30(4)35(46-34(42)25-27)29(3)12-10-11-28(2)32-18-20-38-26-39-32/h10-12,15-16,18,20,26-28,30-31,33,35,44H,6-9,13-14,17,19,21-25H2,1-5H3/b11-10+,16-15+,29-12+/t27-,28?,30+,33+,35-,37-/m1/s1. The normalized spacial score (nSPS) is 31.3. The van der Waals surface area contributed by atoms with Gasteiger partial charge in [-0.3, -0.25) is 9.69 Å². The zero-order chi connectivity index (χ0) is 33.1. The molecule has 1 amide bonds. The highest BCUT2D eigenvalue weighted by atomic mass is 16.6. The van der Waals surface area contributed by atoms with Crippen LogP contribution in [0.5, 0.6) is 0 Å². The summed E-state index contributed by atoms with van der Waals surface area (Å²) in [6.45, 7) is 12.7. The second kappa shape index (κ2) is 17.2. The Kier molecular flexibility index (Phi) is 13.4. The summed E-state index contributed by atoms with van der Waals surface area (Å²) < 4.78 is 12.1. The van der Waals surface area contributed by atoms with E-state index in [9.17, 15) is 14.7 Å². The Morgan fingerprint density at radius 3 is 2.50 bits per heavy atom. The van der Waals surface area contributed by atoms with E-state index in [0.717, 1.165) is 24.4 Å². The van der Waals surface area contributed by atoms with E-state index >= 15 is 0 Å². The number of cyclic esters (lactones) is 1. The minimum Gasteiger partial charge on any atom is -0.457 e. The number of hydrogen-bond donors (Lipinski definition) is 1. The average Bonchev–Trinajstić information content (AvgIpc) is 3.34. The van der Waals surface area contributed by atoms with E-state index < -0.39 is 17.8 Å². The zero-order valence-corrected chi connectivity index (χ0v) is 28.6. The summed E-state index contributed by atoms with van der Waals surface area (Å²) in [7, 11) is 0. The van der Waals surface area contributed by atoms with E-state index in [4.69, 9.17) is 9.47 Å². The van der Waals surface area contributed by atoms with Crippen molar-refractivity contribution in [2.75, 3.05) is 26.2 Å². The first-order chi connectivity index (χ1) is 22.0. The summed E-state index contributed by atoms with van der Waals surface area (Å²) in [4.78, 5) is 39.1. The second-order valence-electron chi connectivity index (χ2n) is 14.1. The number of ether oxygens (including phenoxy) is 2. The van der Waals surface area contributed by atoms with Gasteiger partial charge in [0.1, 0.15) is 18.0 Å². The van der Waals surface area contributed by atoms with Crippen LogP contribution in [0.4, 0.5) is 4.79 Å². The molecule has 2 fully saturated rings. The SMILES string of the molecule is C/C(=C\C=C\C(C)c1ccncn1)[C@H]1OC(=O)C[C@H](C)CC[C@@](C)(O)[C@@H](OC(=O)N2CCN(C3CCCCCC3)CC2)/C=C/[C@@H]1C. The van der Waals surface area contributed by atoms with Crippen LogP contribution in [0.2, 0.25) is 0 Å². The monoisotopic (exact) mass is 636 g/mol. The third-order valence-corrected chi connectivity index (χ3v) is 10.0. The van der Waals surface area contributed by atoms with E-state index in [1.165, 1.54) is 38.5 Å². The van der Waals surface area contributed by atoms with Crippen LogP contribution < -0.4 is 0 Å². The van der Waals surface area contributed by atoms with Gasteiger partial charge in [-0.15, -0.1) is 0 Å². The van der Waals surface area contributed by atoms with Gasteiger partial charge in [-0.2, -0.15) is 0 Å². The summed E-state index contributed by atoms with van der Waals surface area (Å²) in [6.07, 6.45) is 20.2. The third kappa shape index (κ3) is 10.5. The molecule has 254 valence electrons. The lowest BCUT2D eigenvalue weighted by atomic mass is 9.87. The molecule has 2 aliphatic heterocycles. The maximum Gasteiger partial charge on any atom is 0.410 e. The molecule has 1 unspecified atom stereocenters. The van der Waals surface area contributed by atoms with Gasteiger partial charge in [0.25, 0.3) is 0 Å². The van der Waals surface area contributed by atoms with Crippen LogP contribution in [0.1, 0.15) is 104 Å². The van der Waals surface area contributed by atoms with Crippen molar-refractivity contribution < 1.29 is 24.2 Å². The molecule has 3 heterocycles. The van der Waals surface area contributed by atoms with E-state index in [-0.39, 0.29) is 36.2 Å². The molecule has 1 aromatic rings. The number of piperazine rings is 1.